The molecule has 3 aromatic rings. The number of para-hydroxylation sites is 2. The Kier molecular flexibility index (Phi) is 3.75. The van der Waals surface area contributed by atoms with Crippen LogP contribution in [0.4, 0.5) is 5.69 Å². The molecule has 0 fully saturated rings. The fourth-order valence-corrected chi connectivity index (χ4v) is 2.30. The normalized spacial score (nSPS) is 10.9. The Morgan fingerprint density at radius 3 is 2.62 bits per heavy atom. The predicted molar refractivity (Wildman–Crippen MR) is 82.0 cm³/mol. The molecule has 5 nitrogen and oxygen atoms in total. The van der Waals surface area contributed by atoms with Gasteiger partial charge in [0, 0.05) is 12.2 Å². The summed E-state index contributed by atoms with van der Waals surface area (Å²) in [5.74, 6) is 1.54. The average molecular weight is 283 g/mol. The first-order valence-electron chi connectivity index (χ1n) is 6.81. The SMILES string of the molecule is Nc1ccc(OCc2nc3ccccc3n2CCO)cc1. The number of anilines is 1. The Balaban J connectivity index is 1.85. The number of nitrogen functional groups attached to an aromatic ring is 1. The first-order chi connectivity index (χ1) is 10.3. The lowest BCUT2D eigenvalue weighted by molar-refractivity contribution is 0.260. The van der Waals surface area contributed by atoms with Crippen LogP contribution in [0.25, 0.3) is 11.0 Å². The van der Waals surface area contributed by atoms with Crippen LogP contribution in [0.2, 0.25) is 0 Å². The maximum atomic E-state index is 9.23. The minimum atomic E-state index is 0.0647. The van der Waals surface area contributed by atoms with Crippen LogP contribution in [-0.4, -0.2) is 21.3 Å². The number of hydrogen-bond donors (Lipinski definition) is 2. The largest absolute Gasteiger partial charge is 0.486 e. The Labute approximate surface area is 122 Å². The minimum Gasteiger partial charge on any atom is -0.486 e. The van der Waals surface area contributed by atoms with Gasteiger partial charge in [0.2, 0.25) is 0 Å². The molecule has 0 atom stereocenters. The topological polar surface area (TPSA) is 73.3 Å². The molecule has 108 valence electrons. The van der Waals surface area contributed by atoms with Gasteiger partial charge in [-0.3, -0.25) is 0 Å². The van der Waals surface area contributed by atoms with Gasteiger partial charge in [0.05, 0.1) is 17.6 Å². The molecule has 1 heterocycles. The van der Waals surface area contributed by atoms with Crippen molar-refractivity contribution in [1.82, 2.24) is 9.55 Å². The van der Waals surface area contributed by atoms with Crippen molar-refractivity contribution < 1.29 is 9.84 Å². The molecule has 1 aromatic heterocycles. The van der Waals surface area contributed by atoms with Crippen LogP contribution in [0.15, 0.2) is 48.5 Å². The van der Waals surface area contributed by atoms with Crippen molar-refractivity contribution >= 4 is 16.7 Å². The first kappa shape index (κ1) is 13.5. The van der Waals surface area contributed by atoms with E-state index < -0.39 is 0 Å². The highest BCUT2D eigenvalue weighted by Gasteiger charge is 2.10. The van der Waals surface area contributed by atoms with Gasteiger partial charge < -0.3 is 20.1 Å². The van der Waals surface area contributed by atoms with E-state index in [0.717, 1.165) is 22.6 Å². The zero-order valence-electron chi connectivity index (χ0n) is 11.6. The van der Waals surface area contributed by atoms with Crippen LogP contribution in [-0.2, 0) is 13.2 Å². The van der Waals surface area contributed by atoms with Gasteiger partial charge >= 0.3 is 0 Å². The number of rotatable bonds is 5. The molecule has 2 aromatic carbocycles. The van der Waals surface area contributed by atoms with Crippen LogP contribution >= 0.6 is 0 Å². The molecule has 0 aliphatic rings. The van der Waals surface area contributed by atoms with Gasteiger partial charge in [-0.25, -0.2) is 4.98 Å². The molecule has 0 amide bonds. The van der Waals surface area contributed by atoms with Crippen molar-refractivity contribution in [3.63, 3.8) is 0 Å². The summed E-state index contributed by atoms with van der Waals surface area (Å²) in [5, 5.41) is 9.23. The lowest BCUT2D eigenvalue weighted by Crippen LogP contribution is -2.09. The molecule has 21 heavy (non-hydrogen) atoms. The van der Waals surface area contributed by atoms with Crippen molar-refractivity contribution in [1.29, 1.82) is 0 Å². The molecule has 0 unspecified atom stereocenters. The van der Waals surface area contributed by atoms with Crippen LogP contribution in [0, 0.1) is 0 Å². The lowest BCUT2D eigenvalue weighted by atomic mass is 10.3. The zero-order chi connectivity index (χ0) is 14.7. The molecule has 0 spiro atoms. The number of aliphatic hydroxyl groups excluding tert-OH is 1. The summed E-state index contributed by atoms with van der Waals surface area (Å²) in [6.07, 6.45) is 0. The van der Waals surface area contributed by atoms with E-state index in [0.29, 0.717) is 18.8 Å². The highest BCUT2D eigenvalue weighted by Crippen LogP contribution is 2.19. The Morgan fingerprint density at radius 2 is 1.86 bits per heavy atom. The summed E-state index contributed by atoms with van der Waals surface area (Å²) in [7, 11) is 0. The zero-order valence-corrected chi connectivity index (χ0v) is 11.6. The predicted octanol–water partition coefficient (Wildman–Crippen LogP) is 2.19. The molecule has 3 rings (SSSR count). The molecule has 0 radical (unpaired) electrons. The molecular formula is C16H17N3O2. The highest BCUT2D eigenvalue weighted by molar-refractivity contribution is 5.75. The number of hydrogen-bond acceptors (Lipinski definition) is 4. The van der Waals surface area contributed by atoms with Gasteiger partial charge in [0.15, 0.2) is 0 Å². The van der Waals surface area contributed by atoms with Crippen molar-refractivity contribution in [2.75, 3.05) is 12.3 Å². The van der Waals surface area contributed by atoms with Gasteiger partial charge in [-0.1, -0.05) is 12.1 Å². The number of aromatic nitrogens is 2. The van der Waals surface area contributed by atoms with Crippen LogP contribution in [0.1, 0.15) is 5.82 Å². The standard InChI is InChI=1S/C16H17N3O2/c17-12-5-7-13(8-6-12)21-11-16-18-14-3-1-2-4-15(14)19(16)9-10-20/h1-8,20H,9-11,17H2. The maximum absolute atomic E-state index is 9.23. The Hall–Kier alpha value is -2.53. The van der Waals surface area contributed by atoms with E-state index >= 15 is 0 Å². The Morgan fingerprint density at radius 1 is 1.10 bits per heavy atom. The van der Waals surface area contributed by atoms with Gasteiger partial charge in [-0.15, -0.1) is 0 Å². The van der Waals surface area contributed by atoms with E-state index in [4.69, 9.17) is 10.5 Å². The number of nitrogens with two attached hydrogens (primary N) is 1. The fraction of sp³-hybridized carbons (Fsp3) is 0.188. The van der Waals surface area contributed by atoms with Crippen molar-refractivity contribution in [3.8, 4) is 5.75 Å². The maximum Gasteiger partial charge on any atom is 0.148 e. The fourth-order valence-electron chi connectivity index (χ4n) is 2.30. The minimum absolute atomic E-state index is 0.0647. The van der Waals surface area contributed by atoms with Crippen molar-refractivity contribution in [2.45, 2.75) is 13.2 Å². The average Bonchev–Trinajstić information content (AvgIpc) is 2.85. The van der Waals surface area contributed by atoms with E-state index in [9.17, 15) is 5.11 Å². The van der Waals surface area contributed by atoms with Crippen molar-refractivity contribution in [2.24, 2.45) is 0 Å². The molecule has 0 bridgehead atoms. The number of aliphatic hydroxyl groups is 1. The lowest BCUT2D eigenvalue weighted by Gasteiger charge is -2.09. The second-order valence-electron chi connectivity index (χ2n) is 4.75. The van der Waals surface area contributed by atoms with Crippen LogP contribution in [0.5, 0.6) is 5.75 Å². The monoisotopic (exact) mass is 283 g/mol. The molecule has 0 aliphatic carbocycles. The summed E-state index contributed by atoms with van der Waals surface area (Å²) in [6.45, 7) is 0.911. The molecule has 0 saturated carbocycles. The summed E-state index contributed by atoms with van der Waals surface area (Å²) in [6, 6.07) is 15.1. The van der Waals surface area contributed by atoms with Gasteiger partial charge in [-0.05, 0) is 36.4 Å². The second kappa shape index (κ2) is 5.85. The smallest absolute Gasteiger partial charge is 0.148 e. The van der Waals surface area contributed by atoms with Crippen LogP contribution < -0.4 is 10.5 Å². The third-order valence-corrected chi connectivity index (χ3v) is 3.31. The van der Waals surface area contributed by atoms with Gasteiger partial charge in [0.25, 0.3) is 0 Å². The van der Waals surface area contributed by atoms with E-state index in [2.05, 4.69) is 4.98 Å². The second-order valence-corrected chi connectivity index (χ2v) is 4.75. The van der Waals surface area contributed by atoms with Gasteiger partial charge in [-0.2, -0.15) is 0 Å². The number of benzene rings is 2. The summed E-state index contributed by atoms with van der Waals surface area (Å²) in [4.78, 5) is 4.57. The first-order valence-corrected chi connectivity index (χ1v) is 6.81. The summed E-state index contributed by atoms with van der Waals surface area (Å²) in [5.41, 5.74) is 8.26. The number of fused-ring (bicyclic) bond motifs is 1. The van der Waals surface area contributed by atoms with E-state index in [1.54, 1.807) is 12.1 Å². The highest BCUT2D eigenvalue weighted by atomic mass is 16.5. The summed E-state index contributed by atoms with van der Waals surface area (Å²) < 4.78 is 7.72. The Bertz CT molecular complexity index is 735. The van der Waals surface area contributed by atoms with E-state index in [1.807, 2.05) is 41.0 Å². The van der Waals surface area contributed by atoms with E-state index in [1.165, 1.54) is 0 Å². The molecule has 0 saturated heterocycles. The van der Waals surface area contributed by atoms with E-state index in [-0.39, 0.29) is 6.61 Å². The molecule has 5 heteroatoms. The molecule has 0 aliphatic heterocycles. The van der Waals surface area contributed by atoms with Crippen LogP contribution in [0.3, 0.4) is 0 Å². The van der Waals surface area contributed by atoms with Crippen molar-refractivity contribution in [3.05, 3.63) is 54.4 Å². The quantitative estimate of drug-likeness (QED) is 0.704. The third-order valence-electron chi connectivity index (χ3n) is 3.31. The summed E-state index contributed by atoms with van der Waals surface area (Å²) >= 11 is 0. The number of ether oxygens (including phenoxy) is 1. The van der Waals surface area contributed by atoms with Gasteiger partial charge in [0.1, 0.15) is 18.2 Å². The third kappa shape index (κ3) is 2.83. The number of nitrogens with zero attached hydrogens (tertiary/aromatic N) is 2. The molecular weight excluding hydrogens is 266 g/mol. The molecule has 3 N–H and O–H groups in total. The number of imidazole rings is 1.